The second kappa shape index (κ2) is 7.64. The van der Waals surface area contributed by atoms with Crippen LogP contribution < -0.4 is 5.32 Å². The molecule has 0 aromatic heterocycles. The third kappa shape index (κ3) is 3.87. The van der Waals surface area contributed by atoms with E-state index in [1.54, 1.807) is 0 Å². The van der Waals surface area contributed by atoms with Crippen LogP contribution in [0, 0.1) is 18.3 Å². The van der Waals surface area contributed by atoms with E-state index in [1.807, 2.05) is 19.1 Å². The summed E-state index contributed by atoms with van der Waals surface area (Å²) in [5.74, 6) is 0.0154. The van der Waals surface area contributed by atoms with Crippen molar-refractivity contribution in [2.24, 2.45) is 0 Å². The molecule has 144 valence electrons. The third-order valence-electron chi connectivity index (χ3n) is 5.62. The van der Waals surface area contributed by atoms with E-state index in [0.29, 0.717) is 5.56 Å². The lowest BCUT2D eigenvalue weighted by molar-refractivity contribution is -0.118. The minimum absolute atomic E-state index is 0.0154. The van der Waals surface area contributed by atoms with Gasteiger partial charge in [0, 0.05) is 12.1 Å². The molecule has 2 aromatic carbocycles. The van der Waals surface area contributed by atoms with Gasteiger partial charge in [0.2, 0.25) is 5.91 Å². The van der Waals surface area contributed by atoms with Crippen molar-refractivity contribution in [2.75, 3.05) is 6.54 Å². The Morgan fingerprint density at radius 1 is 1.14 bits per heavy atom. The van der Waals surface area contributed by atoms with Crippen LogP contribution in [0.4, 0.5) is 0 Å². The first kappa shape index (κ1) is 19.9. The number of piperidine rings is 1. The molecule has 0 saturated carbocycles. The van der Waals surface area contributed by atoms with Crippen molar-refractivity contribution in [3.63, 3.8) is 0 Å². The summed E-state index contributed by atoms with van der Waals surface area (Å²) in [5, 5.41) is 12.5. The number of hydrogen-bond acceptors (Lipinski definition) is 2. The second-order valence-electron chi connectivity index (χ2n) is 8.60. The topological polar surface area (TPSA) is 52.9 Å². The van der Waals surface area contributed by atoms with Crippen LogP contribution in [0.25, 0.3) is 16.7 Å². The molecule has 1 aliphatic heterocycles. The Kier molecular flexibility index (Phi) is 5.42. The van der Waals surface area contributed by atoms with Crippen LogP contribution in [-0.4, -0.2) is 12.5 Å². The van der Waals surface area contributed by atoms with Gasteiger partial charge in [-0.15, -0.1) is 0 Å². The molecule has 1 fully saturated rings. The predicted octanol–water partition coefficient (Wildman–Crippen LogP) is 5.51. The summed E-state index contributed by atoms with van der Waals surface area (Å²) in [5.41, 5.74) is 8.03. The third-order valence-corrected chi connectivity index (χ3v) is 5.62. The Bertz CT molecular complexity index is 983. The number of nitrogens with zero attached hydrogens (tertiary/aromatic N) is 1. The summed E-state index contributed by atoms with van der Waals surface area (Å²) in [6.07, 6.45) is 1.74. The van der Waals surface area contributed by atoms with Crippen molar-refractivity contribution in [2.45, 2.75) is 52.9 Å². The number of nitrogens with one attached hydrogen (secondary N) is 1. The zero-order valence-electron chi connectivity index (χ0n) is 17.4. The van der Waals surface area contributed by atoms with E-state index in [2.05, 4.69) is 63.3 Å². The highest BCUT2D eigenvalue weighted by Crippen LogP contribution is 2.34. The second-order valence-corrected chi connectivity index (χ2v) is 8.60. The van der Waals surface area contributed by atoms with Crippen LogP contribution in [0.15, 0.2) is 42.0 Å². The smallest absolute Gasteiger partial charge is 0.247 e. The van der Waals surface area contributed by atoms with Gasteiger partial charge in [-0.05, 0) is 77.6 Å². The standard InChI is InChI=1S/C25H28N2O/c1-16(21-7-6-12-27-24(21)28)22-13-18(15-26)14-23(17(22)2)19-8-10-20(11-9-19)25(3,4)5/h8-11,13-14H,6-7,12H2,1-5H3,(H,27,28)/b21-16+. The molecule has 0 radical (unpaired) electrons. The van der Waals surface area contributed by atoms with Crippen molar-refractivity contribution >= 4 is 11.5 Å². The van der Waals surface area contributed by atoms with Crippen molar-refractivity contribution in [3.8, 4) is 17.2 Å². The lowest BCUT2D eigenvalue weighted by Crippen LogP contribution is -2.31. The predicted molar refractivity (Wildman–Crippen MR) is 115 cm³/mol. The average molecular weight is 373 g/mol. The molecule has 0 spiro atoms. The van der Waals surface area contributed by atoms with E-state index in [1.165, 1.54) is 5.56 Å². The molecule has 2 aromatic rings. The maximum atomic E-state index is 12.3. The van der Waals surface area contributed by atoms with Crippen LogP contribution in [0.5, 0.6) is 0 Å². The van der Waals surface area contributed by atoms with Gasteiger partial charge in [0.05, 0.1) is 11.6 Å². The summed E-state index contributed by atoms with van der Waals surface area (Å²) in [6, 6.07) is 14.7. The first-order chi connectivity index (χ1) is 13.2. The van der Waals surface area contributed by atoms with E-state index in [-0.39, 0.29) is 11.3 Å². The highest BCUT2D eigenvalue weighted by atomic mass is 16.1. The number of rotatable bonds is 2. The van der Waals surface area contributed by atoms with E-state index in [0.717, 1.165) is 52.8 Å². The maximum absolute atomic E-state index is 12.3. The van der Waals surface area contributed by atoms with Gasteiger partial charge in [0.1, 0.15) is 0 Å². The van der Waals surface area contributed by atoms with E-state index in [9.17, 15) is 10.1 Å². The molecule has 1 amide bonds. The normalized spacial score (nSPS) is 16.4. The molecule has 1 aliphatic rings. The molecule has 3 heteroatoms. The summed E-state index contributed by atoms with van der Waals surface area (Å²) in [7, 11) is 0. The number of hydrogen-bond donors (Lipinski definition) is 1. The monoisotopic (exact) mass is 372 g/mol. The average Bonchev–Trinajstić information content (AvgIpc) is 2.67. The Balaban J connectivity index is 2.14. The molecule has 0 bridgehead atoms. The van der Waals surface area contributed by atoms with Crippen molar-refractivity contribution in [1.29, 1.82) is 5.26 Å². The van der Waals surface area contributed by atoms with E-state index < -0.39 is 0 Å². The zero-order chi connectivity index (χ0) is 20.5. The molecule has 1 N–H and O–H groups in total. The first-order valence-corrected chi connectivity index (χ1v) is 9.86. The van der Waals surface area contributed by atoms with Crippen LogP contribution in [0.2, 0.25) is 0 Å². The highest BCUT2D eigenvalue weighted by molar-refractivity contribution is 6.02. The summed E-state index contributed by atoms with van der Waals surface area (Å²) in [6.45, 7) is 11.4. The number of carbonyl (C=O) groups excluding carboxylic acids is 1. The molecular formula is C25H28N2O. The Labute approximate surface area is 168 Å². The number of amides is 1. The van der Waals surface area contributed by atoms with Crippen LogP contribution in [-0.2, 0) is 10.2 Å². The van der Waals surface area contributed by atoms with Crippen molar-refractivity contribution in [1.82, 2.24) is 5.32 Å². The Morgan fingerprint density at radius 3 is 2.39 bits per heavy atom. The number of carbonyl (C=O) groups is 1. The van der Waals surface area contributed by atoms with Gasteiger partial charge < -0.3 is 5.32 Å². The van der Waals surface area contributed by atoms with Crippen molar-refractivity contribution < 1.29 is 4.79 Å². The number of benzene rings is 2. The fraction of sp³-hybridized carbons (Fsp3) is 0.360. The van der Waals surface area contributed by atoms with Gasteiger partial charge in [0.25, 0.3) is 0 Å². The highest BCUT2D eigenvalue weighted by Gasteiger charge is 2.20. The largest absolute Gasteiger partial charge is 0.352 e. The molecule has 3 rings (SSSR count). The van der Waals surface area contributed by atoms with E-state index in [4.69, 9.17) is 0 Å². The molecular weight excluding hydrogens is 344 g/mol. The summed E-state index contributed by atoms with van der Waals surface area (Å²) < 4.78 is 0. The molecule has 0 aliphatic carbocycles. The molecule has 1 saturated heterocycles. The van der Waals surface area contributed by atoms with Gasteiger partial charge in [-0.25, -0.2) is 0 Å². The molecule has 28 heavy (non-hydrogen) atoms. The van der Waals surface area contributed by atoms with Gasteiger partial charge in [-0.3, -0.25) is 4.79 Å². The minimum atomic E-state index is 0.0154. The Morgan fingerprint density at radius 2 is 1.82 bits per heavy atom. The van der Waals surface area contributed by atoms with E-state index >= 15 is 0 Å². The molecule has 3 nitrogen and oxygen atoms in total. The maximum Gasteiger partial charge on any atom is 0.247 e. The SMILES string of the molecule is C/C(=C1/CCCNC1=O)c1cc(C#N)cc(-c2ccc(C(C)(C)C)cc2)c1C. The van der Waals surface area contributed by atoms with Crippen molar-refractivity contribution in [3.05, 3.63) is 64.2 Å². The van der Waals surface area contributed by atoms with Gasteiger partial charge in [0.15, 0.2) is 0 Å². The minimum Gasteiger partial charge on any atom is -0.352 e. The number of nitriles is 1. The molecule has 0 unspecified atom stereocenters. The van der Waals surface area contributed by atoms with Crippen LogP contribution >= 0.6 is 0 Å². The summed E-state index contributed by atoms with van der Waals surface area (Å²) >= 11 is 0. The number of allylic oxidation sites excluding steroid dienone is 1. The lowest BCUT2D eigenvalue weighted by Gasteiger charge is -2.21. The molecule has 0 atom stereocenters. The quantitative estimate of drug-likeness (QED) is 0.706. The lowest BCUT2D eigenvalue weighted by atomic mass is 9.84. The zero-order valence-corrected chi connectivity index (χ0v) is 17.4. The molecule has 1 heterocycles. The van der Waals surface area contributed by atoms with Gasteiger partial charge >= 0.3 is 0 Å². The van der Waals surface area contributed by atoms with Crippen LogP contribution in [0.3, 0.4) is 0 Å². The van der Waals surface area contributed by atoms with Crippen LogP contribution in [0.1, 0.15) is 62.8 Å². The first-order valence-electron chi connectivity index (χ1n) is 9.86. The fourth-order valence-electron chi connectivity index (χ4n) is 3.83. The summed E-state index contributed by atoms with van der Waals surface area (Å²) in [4.78, 5) is 12.3. The fourth-order valence-corrected chi connectivity index (χ4v) is 3.83. The Hall–Kier alpha value is -2.86. The van der Waals surface area contributed by atoms with Gasteiger partial charge in [-0.2, -0.15) is 5.26 Å². The van der Waals surface area contributed by atoms with Gasteiger partial charge in [-0.1, -0.05) is 45.0 Å².